The van der Waals surface area contributed by atoms with Crippen molar-refractivity contribution < 1.29 is 4.74 Å². The Hall–Kier alpha value is -0.820. The van der Waals surface area contributed by atoms with Crippen molar-refractivity contribution in [1.29, 1.82) is 0 Å². The van der Waals surface area contributed by atoms with Gasteiger partial charge in [0, 0.05) is 0 Å². The van der Waals surface area contributed by atoms with Gasteiger partial charge in [-0.05, 0) is 30.4 Å². The molecule has 2 rings (SSSR count). The average Bonchev–Trinajstić information content (AvgIpc) is 3.09. The molecule has 1 saturated heterocycles. The summed E-state index contributed by atoms with van der Waals surface area (Å²) in [6.45, 7) is 4.44. The maximum absolute atomic E-state index is 5.63. The van der Waals surface area contributed by atoms with E-state index < -0.39 is 0 Å². The second-order valence-electron chi connectivity index (χ2n) is 4.71. The first-order valence-corrected chi connectivity index (χ1v) is 6.59. The minimum absolute atomic E-state index is 0.385. The van der Waals surface area contributed by atoms with Crippen molar-refractivity contribution in [2.24, 2.45) is 0 Å². The third-order valence-electron chi connectivity index (χ3n) is 3.33. The molecule has 1 aromatic rings. The largest absolute Gasteiger partial charge is 0.365 e. The van der Waals surface area contributed by atoms with Gasteiger partial charge in [0.25, 0.3) is 0 Å². The minimum Gasteiger partial charge on any atom is -0.365 e. The highest BCUT2D eigenvalue weighted by molar-refractivity contribution is 5.28. The Morgan fingerprint density at radius 1 is 1.19 bits per heavy atom. The molecule has 1 heterocycles. The molecule has 1 nitrogen and oxygen atoms in total. The van der Waals surface area contributed by atoms with E-state index in [1.807, 2.05) is 0 Å². The van der Waals surface area contributed by atoms with E-state index in [1.54, 1.807) is 0 Å². The van der Waals surface area contributed by atoms with Crippen LogP contribution in [0.25, 0.3) is 0 Å². The summed E-state index contributed by atoms with van der Waals surface area (Å²) in [6.07, 6.45) is 7.14. The molecule has 1 aromatic carbocycles. The molecule has 1 fully saturated rings. The molecule has 0 spiro atoms. The molecular formula is C15H22O. The number of aryl methyl sites for hydroxylation is 1. The van der Waals surface area contributed by atoms with Crippen LogP contribution >= 0.6 is 0 Å². The lowest BCUT2D eigenvalue weighted by atomic mass is 10.0. The van der Waals surface area contributed by atoms with Gasteiger partial charge in [0.05, 0.1) is 6.10 Å². The lowest BCUT2D eigenvalue weighted by Gasteiger charge is -2.03. The second-order valence-corrected chi connectivity index (χ2v) is 4.71. The van der Waals surface area contributed by atoms with E-state index >= 15 is 0 Å². The van der Waals surface area contributed by atoms with Crippen molar-refractivity contribution >= 4 is 0 Å². The molecule has 88 valence electrons. The molecule has 1 aliphatic heterocycles. The van der Waals surface area contributed by atoms with E-state index in [0.717, 1.165) is 6.42 Å². The second kappa shape index (κ2) is 5.49. The van der Waals surface area contributed by atoms with Gasteiger partial charge in [0.1, 0.15) is 6.10 Å². The van der Waals surface area contributed by atoms with Crippen LogP contribution in [0.5, 0.6) is 0 Å². The normalized spacial score (nSPS) is 23.4. The van der Waals surface area contributed by atoms with Crippen LogP contribution in [0.1, 0.15) is 56.8 Å². The summed E-state index contributed by atoms with van der Waals surface area (Å²) < 4.78 is 5.63. The Balaban J connectivity index is 1.92. The van der Waals surface area contributed by atoms with Gasteiger partial charge in [-0.15, -0.1) is 0 Å². The summed E-state index contributed by atoms with van der Waals surface area (Å²) in [5, 5.41) is 0. The third-order valence-corrected chi connectivity index (χ3v) is 3.33. The maximum atomic E-state index is 5.63. The molecule has 0 bridgehead atoms. The minimum atomic E-state index is 0.385. The Labute approximate surface area is 98.8 Å². The van der Waals surface area contributed by atoms with Crippen molar-refractivity contribution in [2.75, 3.05) is 0 Å². The SMILES string of the molecule is CCCCCc1cccc(C2OC2CC)c1. The summed E-state index contributed by atoms with van der Waals surface area (Å²) in [7, 11) is 0. The van der Waals surface area contributed by atoms with Gasteiger partial charge in [0.15, 0.2) is 0 Å². The summed E-state index contributed by atoms with van der Waals surface area (Å²) in [5.74, 6) is 0. The van der Waals surface area contributed by atoms with E-state index in [-0.39, 0.29) is 0 Å². The van der Waals surface area contributed by atoms with Gasteiger partial charge in [-0.25, -0.2) is 0 Å². The highest BCUT2D eigenvalue weighted by Crippen LogP contribution is 2.40. The van der Waals surface area contributed by atoms with Crippen molar-refractivity contribution in [3.8, 4) is 0 Å². The first kappa shape index (κ1) is 11.7. The molecule has 0 saturated carbocycles. The van der Waals surface area contributed by atoms with Crippen LogP contribution in [0, 0.1) is 0 Å². The van der Waals surface area contributed by atoms with Crippen LogP contribution in [-0.2, 0) is 11.2 Å². The molecule has 0 aliphatic carbocycles. The number of ether oxygens (including phenoxy) is 1. The zero-order valence-corrected chi connectivity index (χ0v) is 10.4. The van der Waals surface area contributed by atoms with Crippen molar-refractivity contribution in [3.63, 3.8) is 0 Å². The molecule has 0 amide bonds. The quantitative estimate of drug-likeness (QED) is 0.513. The van der Waals surface area contributed by atoms with E-state index in [4.69, 9.17) is 4.74 Å². The maximum Gasteiger partial charge on any atom is 0.109 e. The molecule has 0 radical (unpaired) electrons. The third kappa shape index (κ3) is 2.85. The van der Waals surface area contributed by atoms with E-state index in [0.29, 0.717) is 12.2 Å². The standard InChI is InChI=1S/C15H22O/c1-3-5-6-8-12-9-7-10-13(11-12)15-14(4-2)16-15/h7,9-11,14-15H,3-6,8H2,1-2H3. The molecule has 2 unspecified atom stereocenters. The van der Waals surface area contributed by atoms with Crippen LogP contribution in [0.15, 0.2) is 24.3 Å². The Bertz CT molecular complexity index is 332. The zero-order valence-electron chi connectivity index (χ0n) is 10.4. The average molecular weight is 218 g/mol. The topological polar surface area (TPSA) is 12.5 Å². The first-order valence-electron chi connectivity index (χ1n) is 6.59. The summed E-state index contributed by atoms with van der Waals surface area (Å²) in [6, 6.07) is 8.94. The molecule has 0 aromatic heterocycles. The number of rotatable bonds is 6. The van der Waals surface area contributed by atoms with Crippen molar-refractivity contribution in [3.05, 3.63) is 35.4 Å². The van der Waals surface area contributed by atoms with E-state index in [2.05, 4.69) is 38.1 Å². The Morgan fingerprint density at radius 2 is 2.06 bits per heavy atom. The van der Waals surface area contributed by atoms with Crippen LogP contribution in [0.4, 0.5) is 0 Å². The zero-order chi connectivity index (χ0) is 11.4. The Kier molecular flexibility index (Phi) is 4.00. The van der Waals surface area contributed by atoms with Gasteiger partial charge in [-0.1, -0.05) is 51.0 Å². The first-order chi connectivity index (χ1) is 7.85. The predicted molar refractivity (Wildman–Crippen MR) is 67.6 cm³/mol. The van der Waals surface area contributed by atoms with E-state index in [9.17, 15) is 0 Å². The molecular weight excluding hydrogens is 196 g/mol. The van der Waals surface area contributed by atoms with Gasteiger partial charge in [0.2, 0.25) is 0 Å². The van der Waals surface area contributed by atoms with E-state index in [1.165, 1.54) is 36.8 Å². The Morgan fingerprint density at radius 3 is 2.75 bits per heavy atom. The monoisotopic (exact) mass is 218 g/mol. The number of hydrogen-bond acceptors (Lipinski definition) is 1. The van der Waals surface area contributed by atoms with Crippen LogP contribution < -0.4 is 0 Å². The lowest BCUT2D eigenvalue weighted by molar-refractivity contribution is 0.370. The van der Waals surface area contributed by atoms with Gasteiger partial charge in [-0.2, -0.15) is 0 Å². The molecule has 0 N–H and O–H groups in total. The lowest BCUT2D eigenvalue weighted by Crippen LogP contribution is -1.90. The summed E-state index contributed by atoms with van der Waals surface area (Å²) in [4.78, 5) is 0. The molecule has 16 heavy (non-hydrogen) atoms. The molecule has 2 atom stereocenters. The number of epoxide rings is 1. The predicted octanol–water partition coefficient (Wildman–Crippen LogP) is 4.27. The van der Waals surface area contributed by atoms with Crippen molar-refractivity contribution in [1.82, 2.24) is 0 Å². The number of hydrogen-bond donors (Lipinski definition) is 0. The van der Waals surface area contributed by atoms with Gasteiger partial charge < -0.3 is 4.74 Å². The smallest absolute Gasteiger partial charge is 0.109 e. The molecule has 1 heteroatoms. The fourth-order valence-corrected chi connectivity index (χ4v) is 2.25. The molecule has 1 aliphatic rings. The van der Waals surface area contributed by atoms with Gasteiger partial charge >= 0.3 is 0 Å². The van der Waals surface area contributed by atoms with Crippen LogP contribution in [-0.4, -0.2) is 6.10 Å². The summed E-state index contributed by atoms with van der Waals surface area (Å²) in [5.41, 5.74) is 2.84. The van der Waals surface area contributed by atoms with Crippen LogP contribution in [0.2, 0.25) is 0 Å². The number of unbranched alkanes of at least 4 members (excludes halogenated alkanes) is 2. The van der Waals surface area contributed by atoms with Crippen molar-refractivity contribution in [2.45, 2.75) is 58.2 Å². The van der Waals surface area contributed by atoms with Crippen LogP contribution in [0.3, 0.4) is 0 Å². The summed E-state index contributed by atoms with van der Waals surface area (Å²) >= 11 is 0. The highest BCUT2D eigenvalue weighted by Gasteiger charge is 2.38. The fourth-order valence-electron chi connectivity index (χ4n) is 2.25. The van der Waals surface area contributed by atoms with Gasteiger partial charge in [-0.3, -0.25) is 0 Å². The number of benzene rings is 1. The fraction of sp³-hybridized carbons (Fsp3) is 0.600. The highest BCUT2D eigenvalue weighted by atomic mass is 16.6.